The number of amides is 2. The van der Waals surface area contributed by atoms with E-state index >= 15 is 0 Å². The lowest BCUT2D eigenvalue weighted by Gasteiger charge is -2.16. The number of carbonyl (C=O) groups is 3. The molecule has 0 aliphatic carbocycles. The van der Waals surface area contributed by atoms with Crippen LogP contribution in [0.5, 0.6) is 0 Å². The summed E-state index contributed by atoms with van der Waals surface area (Å²) in [6.07, 6.45) is 4.74. The van der Waals surface area contributed by atoms with E-state index in [1.54, 1.807) is 24.3 Å². The predicted molar refractivity (Wildman–Crippen MR) is 111 cm³/mol. The second kappa shape index (κ2) is 9.53. The van der Waals surface area contributed by atoms with Gasteiger partial charge in [0.05, 0.1) is 7.11 Å². The molecule has 0 saturated heterocycles. The number of aromatic nitrogens is 1. The molecule has 0 radical (unpaired) electrons. The molecule has 0 aliphatic heterocycles. The quantitative estimate of drug-likeness (QED) is 0.207. The first kappa shape index (κ1) is 20.8. The average Bonchev–Trinajstić information content (AvgIpc) is 3.19. The van der Waals surface area contributed by atoms with E-state index < -0.39 is 23.8 Å². The van der Waals surface area contributed by atoms with E-state index in [0.29, 0.717) is 11.1 Å². The Hall–Kier alpha value is -3.91. The second-order valence-electron chi connectivity index (χ2n) is 6.54. The van der Waals surface area contributed by atoms with Gasteiger partial charge in [-0.3, -0.25) is 14.8 Å². The van der Waals surface area contributed by atoms with Crippen LogP contribution in [0.1, 0.15) is 21.5 Å². The average molecular weight is 407 g/mol. The zero-order chi connectivity index (χ0) is 21.5. The molecular weight excluding hydrogens is 386 g/mol. The van der Waals surface area contributed by atoms with Crippen molar-refractivity contribution in [3.8, 4) is 0 Å². The largest absolute Gasteiger partial charge is 0.467 e. The number of esters is 1. The van der Waals surface area contributed by atoms with Gasteiger partial charge in [0, 0.05) is 35.2 Å². The maximum Gasteiger partial charge on any atom is 0.328 e. The van der Waals surface area contributed by atoms with Crippen LogP contribution in [-0.4, -0.2) is 41.1 Å². The molecule has 1 unspecified atom stereocenters. The number of methoxy groups -OCH3 is 1. The fraction of sp³-hybridized carbons (Fsp3) is 0.136. The molecule has 3 rings (SSSR count). The highest BCUT2D eigenvalue weighted by Gasteiger charge is 2.23. The van der Waals surface area contributed by atoms with E-state index in [1.807, 2.05) is 30.5 Å². The number of rotatable bonds is 7. The standard InChI is InChI=1S/C22H21N3O5/c1-30-22(28)19(12-16-13-23-18-5-3-2-4-17(16)18)24-21(27)15-9-6-14(7-10-15)8-11-20(26)25-29/h2-11,13,19,23,29H,12H2,1H3,(H,24,27)(H,25,26)/b11-8+. The molecule has 4 N–H and O–H groups in total. The maximum atomic E-state index is 12.6. The molecule has 8 heteroatoms. The van der Waals surface area contributed by atoms with Crippen LogP contribution in [0.25, 0.3) is 17.0 Å². The number of fused-ring (bicyclic) bond motifs is 1. The lowest BCUT2D eigenvalue weighted by molar-refractivity contribution is -0.142. The third kappa shape index (κ3) is 4.92. The fourth-order valence-electron chi connectivity index (χ4n) is 3.05. The number of benzene rings is 2. The highest BCUT2D eigenvalue weighted by molar-refractivity contribution is 5.97. The molecule has 2 amide bonds. The van der Waals surface area contributed by atoms with Crippen LogP contribution in [0.2, 0.25) is 0 Å². The smallest absolute Gasteiger partial charge is 0.328 e. The zero-order valence-electron chi connectivity index (χ0n) is 16.2. The minimum absolute atomic E-state index is 0.277. The summed E-state index contributed by atoms with van der Waals surface area (Å²) in [6, 6.07) is 13.3. The van der Waals surface area contributed by atoms with E-state index in [9.17, 15) is 14.4 Å². The van der Waals surface area contributed by atoms with Crippen LogP contribution in [-0.2, 0) is 20.7 Å². The van der Waals surface area contributed by atoms with Gasteiger partial charge in [-0.2, -0.15) is 0 Å². The summed E-state index contributed by atoms with van der Waals surface area (Å²) in [6.45, 7) is 0. The van der Waals surface area contributed by atoms with Gasteiger partial charge in [0.2, 0.25) is 0 Å². The Morgan fingerprint density at radius 3 is 2.57 bits per heavy atom. The molecule has 1 aromatic heterocycles. The van der Waals surface area contributed by atoms with Crippen LogP contribution in [0.4, 0.5) is 0 Å². The third-order valence-corrected chi connectivity index (χ3v) is 4.60. The van der Waals surface area contributed by atoms with Gasteiger partial charge in [-0.05, 0) is 35.4 Å². The van der Waals surface area contributed by atoms with Crippen molar-refractivity contribution in [3.05, 3.63) is 77.5 Å². The van der Waals surface area contributed by atoms with Crippen molar-refractivity contribution in [3.63, 3.8) is 0 Å². The number of ether oxygens (including phenoxy) is 1. The van der Waals surface area contributed by atoms with Gasteiger partial charge < -0.3 is 15.0 Å². The second-order valence-corrected chi connectivity index (χ2v) is 6.54. The molecule has 0 spiro atoms. The summed E-state index contributed by atoms with van der Waals surface area (Å²) in [4.78, 5) is 39.1. The number of aromatic amines is 1. The summed E-state index contributed by atoms with van der Waals surface area (Å²) in [5.74, 6) is -1.62. The van der Waals surface area contributed by atoms with Gasteiger partial charge in [0.15, 0.2) is 0 Å². The lowest BCUT2D eigenvalue weighted by Crippen LogP contribution is -2.43. The van der Waals surface area contributed by atoms with Crippen molar-refractivity contribution in [2.45, 2.75) is 12.5 Å². The van der Waals surface area contributed by atoms with Gasteiger partial charge in [-0.15, -0.1) is 0 Å². The van der Waals surface area contributed by atoms with Gasteiger partial charge in [-0.1, -0.05) is 30.3 Å². The Morgan fingerprint density at radius 2 is 1.87 bits per heavy atom. The molecule has 1 heterocycles. The number of nitrogens with one attached hydrogen (secondary N) is 3. The van der Waals surface area contributed by atoms with Gasteiger partial charge in [0.1, 0.15) is 6.04 Å². The number of carbonyl (C=O) groups excluding carboxylic acids is 3. The molecule has 0 fully saturated rings. The van der Waals surface area contributed by atoms with E-state index in [0.717, 1.165) is 22.5 Å². The van der Waals surface area contributed by atoms with E-state index in [2.05, 4.69) is 10.3 Å². The van der Waals surface area contributed by atoms with Gasteiger partial charge in [0.25, 0.3) is 11.8 Å². The molecule has 0 aliphatic rings. The summed E-state index contributed by atoms with van der Waals surface area (Å²) >= 11 is 0. The first-order valence-electron chi connectivity index (χ1n) is 9.17. The zero-order valence-corrected chi connectivity index (χ0v) is 16.2. The Labute approximate surface area is 172 Å². The fourth-order valence-corrected chi connectivity index (χ4v) is 3.05. The molecule has 0 saturated carbocycles. The molecule has 1 atom stereocenters. The topological polar surface area (TPSA) is 121 Å². The first-order valence-corrected chi connectivity index (χ1v) is 9.17. The molecule has 30 heavy (non-hydrogen) atoms. The van der Waals surface area contributed by atoms with Gasteiger partial charge >= 0.3 is 5.97 Å². The Bertz CT molecular complexity index is 1090. The van der Waals surface area contributed by atoms with Gasteiger partial charge in [-0.25, -0.2) is 10.3 Å². The van der Waals surface area contributed by atoms with Crippen LogP contribution in [0, 0.1) is 0 Å². The van der Waals surface area contributed by atoms with Crippen molar-refractivity contribution in [2.24, 2.45) is 0 Å². The summed E-state index contributed by atoms with van der Waals surface area (Å²) in [7, 11) is 1.28. The molecular formula is C22H21N3O5. The number of H-pyrrole nitrogens is 1. The molecule has 8 nitrogen and oxygen atoms in total. The predicted octanol–water partition coefficient (Wildman–Crippen LogP) is 2.20. The van der Waals surface area contributed by atoms with Crippen LogP contribution in [0.15, 0.2) is 60.8 Å². The summed E-state index contributed by atoms with van der Waals surface area (Å²) < 4.78 is 4.86. The Morgan fingerprint density at radius 1 is 1.13 bits per heavy atom. The van der Waals surface area contributed by atoms with E-state index in [-0.39, 0.29) is 6.42 Å². The van der Waals surface area contributed by atoms with Crippen molar-refractivity contribution in [1.82, 2.24) is 15.8 Å². The summed E-state index contributed by atoms with van der Waals surface area (Å²) in [5, 5.41) is 12.2. The number of para-hydroxylation sites is 1. The van der Waals surface area contributed by atoms with Crippen LogP contribution in [0.3, 0.4) is 0 Å². The molecule has 3 aromatic rings. The first-order chi connectivity index (χ1) is 14.5. The van der Waals surface area contributed by atoms with Crippen molar-refractivity contribution < 1.29 is 24.3 Å². The highest BCUT2D eigenvalue weighted by atomic mass is 16.5. The van der Waals surface area contributed by atoms with Crippen LogP contribution >= 0.6 is 0 Å². The summed E-state index contributed by atoms with van der Waals surface area (Å²) in [5.41, 5.74) is 4.35. The maximum absolute atomic E-state index is 12.6. The third-order valence-electron chi connectivity index (χ3n) is 4.60. The lowest BCUT2D eigenvalue weighted by atomic mass is 10.0. The van der Waals surface area contributed by atoms with E-state index in [1.165, 1.54) is 18.7 Å². The highest BCUT2D eigenvalue weighted by Crippen LogP contribution is 2.19. The Balaban J connectivity index is 1.73. The normalized spacial score (nSPS) is 11.9. The van der Waals surface area contributed by atoms with Crippen LogP contribution < -0.4 is 10.8 Å². The molecule has 0 bridgehead atoms. The van der Waals surface area contributed by atoms with Crippen molar-refractivity contribution in [1.29, 1.82) is 0 Å². The molecule has 154 valence electrons. The number of hydrogen-bond donors (Lipinski definition) is 4. The SMILES string of the molecule is COC(=O)C(Cc1c[nH]c2ccccc12)NC(=O)c1ccc(/C=C/C(=O)NO)cc1. The van der Waals surface area contributed by atoms with E-state index in [4.69, 9.17) is 9.94 Å². The van der Waals surface area contributed by atoms with Crippen molar-refractivity contribution >= 4 is 34.8 Å². The Kier molecular flexibility index (Phi) is 6.61. The number of hydroxylamine groups is 1. The monoisotopic (exact) mass is 407 g/mol. The minimum atomic E-state index is -0.852. The minimum Gasteiger partial charge on any atom is -0.467 e. The number of hydrogen-bond acceptors (Lipinski definition) is 5. The molecule has 2 aromatic carbocycles. The van der Waals surface area contributed by atoms with Crippen molar-refractivity contribution in [2.75, 3.05) is 7.11 Å².